The first kappa shape index (κ1) is 19.7. The SMILES string of the molecule is O=C(NCCCN1CC[C@H](O)C1)c1cccn2c(=O)c3ccc4ccccc4c3nc12. The van der Waals surface area contributed by atoms with E-state index in [1.807, 2.05) is 30.3 Å². The smallest absolute Gasteiger partial charge is 0.265 e. The molecular weight excluding hydrogens is 392 g/mol. The lowest BCUT2D eigenvalue weighted by Crippen LogP contribution is -2.30. The van der Waals surface area contributed by atoms with Crippen LogP contribution in [-0.4, -0.2) is 57.6 Å². The standard InChI is InChI=1S/C24H24N4O3/c29-17-10-14-27(15-17)12-4-11-25-23(30)20-7-3-13-28-22(20)26-21-18-6-2-1-5-16(18)8-9-19(21)24(28)31/h1-3,5-9,13,17,29H,4,10-12,14-15H2,(H,25,30)/t17-/m0/s1. The van der Waals surface area contributed by atoms with E-state index in [9.17, 15) is 14.7 Å². The molecule has 1 fully saturated rings. The Bertz CT molecular complexity index is 1350. The molecule has 31 heavy (non-hydrogen) atoms. The largest absolute Gasteiger partial charge is 0.392 e. The lowest BCUT2D eigenvalue weighted by atomic mass is 10.1. The molecule has 1 amide bonds. The molecule has 1 atom stereocenters. The van der Waals surface area contributed by atoms with Crippen LogP contribution in [-0.2, 0) is 0 Å². The second-order valence-corrected chi connectivity index (χ2v) is 8.07. The highest BCUT2D eigenvalue weighted by Crippen LogP contribution is 2.23. The predicted molar refractivity (Wildman–Crippen MR) is 120 cm³/mol. The maximum Gasteiger partial charge on any atom is 0.265 e. The van der Waals surface area contributed by atoms with Gasteiger partial charge in [0, 0.05) is 31.2 Å². The van der Waals surface area contributed by atoms with Gasteiger partial charge in [-0.2, -0.15) is 0 Å². The number of amides is 1. The second kappa shape index (κ2) is 8.09. The van der Waals surface area contributed by atoms with Crippen molar-refractivity contribution in [1.82, 2.24) is 19.6 Å². The number of benzene rings is 2. The molecule has 4 aromatic rings. The minimum atomic E-state index is -0.244. The quantitative estimate of drug-likeness (QED) is 0.296. The van der Waals surface area contributed by atoms with Gasteiger partial charge in [0.05, 0.1) is 22.6 Å². The van der Waals surface area contributed by atoms with Gasteiger partial charge in [-0.25, -0.2) is 4.98 Å². The van der Waals surface area contributed by atoms with E-state index < -0.39 is 0 Å². The monoisotopic (exact) mass is 416 g/mol. The third-order valence-electron chi connectivity index (χ3n) is 5.96. The topological polar surface area (TPSA) is 86.9 Å². The number of aromatic nitrogens is 2. The Labute approximate surface area is 178 Å². The third-order valence-corrected chi connectivity index (χ3v) is 5.96. The molecule has 158 valence electrons. The van der Waals surface area contributed by atoms with Crippen LogP contribution in [0.5, 0.6) is 0 Å². The minimum absolute atomic E-state index is 0.187. The molecule has 7 nitrogen and oxygen atoms in total. The van der Waals surface area contributed by atoms with Gasteiger partial charge in [0.25, 0.3) is 11.5 Å². The maximum absolute atomic E-state index is 13.1. The number of carbonyl (C=O) groups is 1. The Kier molecular flexibility index (Phi) is 5.13. The van der Waals surface area contributed by atoms with Crippen LogP contribution in [0.15, 0.2) is 59.5 Å². The summed E-state index contributed by atoms with van der Waals surface area (Å²) in [4.78, 5) is 33.0. The summed E-state index contributed by atoms with van der Waals surface area (Å²) in [7, 11) is 0. The van der Waals surface area contributed by atoms with Gasteiger partial charge in [0.2, 0.25) is 0 Å². The summed E-state index contributed by atoms with van der Waals surface area (Å²) < 4.78 is 1.44. The Morgan fingerprint density at radius 3 is 2.84 bits per heavy atom. The second-order valence-electron chi connectivity index (χ2n) is 8.07. The number of aliphatic hydroxyl groups excluding tert-OH is 1. The molecule has 0 saturated carbocycles. The fraction of sp³-hybridized carbons (Fsp3) is 0.292. The fourth-order valence-corrected chi connectivity index (χ4v) is 4.35. The van der Waals surface area contributed by atoms with E-state index in [1.165, 1.54) is 4.40 Å². The molecular formula is C24H24N4O3. The van der Waals surface area contributed by atoms with Gasteiger partial charge < -0.3 is 15.3 Å². The van der Waals surface area contributed by atoms with Crippen molar-refractivity contribution in [2.75, 3.05) is 26.2 Å². The highest BCUT2D eigenvalue weighted by molar-refractivity contribution is 6.07. The van der Waals surface area contributed by atoms with Gasteiger partial charge in [0.1, 0.15) is 0 Å². The molecule has 0 aliphatic carbocycles. The molecule has 2 aromatic heterocycles. The number of nitrogens with one attached hydrogen (secondary N) is 1. The number of hydrogen-bond donors (Lipinski definition) is 2. The average Bonchev–Trinajstić information content (AvgIpc) is 3.21. The third kappa shape index (κ3) is 3.66. The van der Waals surface area contributed by atoms with E-state index in [4.69, 9.17) is 4.98 Å². The molecule has 3 heterocycles. The average molecular weight is 416 g/mol. The first-order valence-corrected chi connectivity index (χ1v) is 10.6. The highest BCUT2D eigenvalue weighted by Gasteiger charge is 2.19. The Balaban J connectivity index is 1.45. The van der Waals surface area contributed by atoms with E-state index in [-0.39, 0.29) is 17.6 Å². The Hall–Kier alpha value is -3.29. The van der Waals surface area contributed by atoms with Crippen molar-refractivity contribution in [3.63, 3.8) is 0 Å². The maximum atomic E-state index is 13.1. The van der Waals surface area contributed by atoms with Crippen LogP contribution in [0.4, 0.5) is 0 Å². The van der Waals surface area contributed by atoms with Crippen LogP contribution in [0, 0.1) is 0 Å². The number of pyridine rings is 1. The van der Waals surface area contributed by atoms with Gasteiger partial charge in [-0.05, 0) is 43.0 Å². The van der Waals surface area contributed by atoms with Crippen molar-refractivity contribution in [3.8, 4) is 0 Å². The molecule has 0 spiro atoms. The summed E-state index contributed by atoms with van der Waals surface area (Å²) in [6, 6.07) is 14.9. The molecule has 1 aliphatic rings. The molecule has 5 rings (SSSR count). The van der Waals surface area contributed by atoms with Crippen LogP contribution in [0.2, 0.25) is 0 Å². The Morgan fingerprint density at radius 1 is 1.13 bits per heavy atom. The molecule has 1 saturated heterocycles. The van der Waals surface area contributed by atoms with Gasteiger partial charge in [-0.3, -0.25) is 14.0 Å². The van der Waals surface area contributed by atoms with E-state index >= 15 is 0 Å². The van der Waals surface area contributed by atoms with Crippen molar-refractivity contribution < 1.29 is 9.90 Å². The van der Waals surface area contributed by atoms with Crippen molar-refractivity contribution in [2.24, 2.45) is 0 Å². The zero-order valence-corrected chi connectivity index (χ0v) is 17.1. The number of β-amino-alcohol motifs (C(OH)–C–C–N with tert-alkyl or cyclic N) is 1. The van der Waals surface area contributed by atoms with Crippen molar-refractivity contribution in [2.45, 2.75) is 18.9 Å². The van der Waals surface area contributed by atoms with Gasteiger partial charge >= 0.3 is 0 Å². The van der Waals surface area contributed by atoms with Gasteiger partial charge in [-0.15, -0.1) is 0 Å². The summed E-state index contributed by atoms with van der Waals surface area (Å²) in [6.45, 7) is 2.95. The molecule has 7 heteroatoms. The molecule has 0 radical (unpaired) electrons. The molecule has 0 unspecified atom stereocenters. The zero-order valence-electron chi connectivity index (χ0n) is 17.1. The van der Waals surface area contributed by atoms with E-state index in [0.717, 1.165) is 36.7 Å². The van der Waals surface area contributed by atoms with Crippen LogP contribution in [0.3, 0.4) is 0 Å². The Morgan fingerprint density at radius 2 is 2.00 bits per heavy atom. The fourth-order valence-electron chi connectivity index (χ4n) is 4.35. The van der Waals surface area contributed by atoms with Crippen molar-refractivity contribution in [1.29, 1.82) is 0 Å². The summed E-state index contributed by atoms with van der Waals surface area (Å²) in [6.07, 6.45) is 3.02. The normalized spacial score (nSPS) is 17.0. The lowest BCUT2D eigenvalue weighted by Gasteiger charge is -2.15. The van der Waals surface area contributed by atoms with E-state index in [2.05, 4.69) is 10.2 Å². The van der Waals surface area contributed by atoms with E-state index in [0.29, 0.717) is 35.2 Å². The van der Waals surface area contributed by atoms with Gasteiger partial charge in [0.15, 0.2) is 5.65 Å². The summed E-state index contributed by atoms with van der Waals surface area (Å²) in [5.74, 6) is -0.244. The zero-order chi connectivity index (χ0) is 21.4. The molecule has 0 bridgehead atoms. The first-order chi connectivity index (χ1) is 15.1. The van der Waals surface area contributed by atoms with Crippen molar-refractivity contribution in [3.05, 3.63) is 70.6 Å². The van der Waals surface area contributed by atoms with Crippen molar-refractivity contribution >= 4 is 33.2 Å². The lowest BCUT2D eigenvalue weighted by molar-refractivity contribution is 0.0952. The minimum Gasteiger partial charge on any atom is -0.392 e. The summed E-state index contributed by atoms with van der Waals surface area (Å²) in [5, 5.41) is 15.0. The number of carbonyl (C=O) groups excluding carboxylic acids is 1. The molecule has 2 aromatic carbocycles. The predicted octanol–water partition coefficient (Wildman–Crippen LogP) is 2.19. The van der Waals surface area contributed by atoms with Crippen LogP contribution >= 0.6 is 0 Å². The molecule has 1 aliphatic heterocycles. The summed E-state index contributed by atoms with van der Waals surface area (Å²) >= 11 is 0. The highest BCUT2D eigenvalue weighted by atomic mass is 16.3. The number of aliphatic hydroxyl groups is 1. The van der Waals surface area contributed by atoms with E-state index in [1.54, 1.807) is 24.4 Å². The number of hydrogen-bond acceptors (Lipinski definition) is 5. The van der Waals surface area contributed by atoms with Crippen LogP contribution < -0.4 is 10.9 Å². The first-order valence-electron chi connectivity index (χ1n) is 10.6. The number of likely N-dealkylation sites (tertiary alicyclic amines) is 1. The van der Waals surface area contributed by atoms with Crippen LogP contribution in [0.25, 0.3) is 27.3 Å². The van der Waals surface area contributed by atoms with Gasteiger partial charge in [-0.1, -0.05) is 30.3 Å². The number of nitrogens with zero attached hydrogens (tertiary/aromatic N) is 3. The number of fused-ring (bicyclic) bond motifs is 4. The summed E-state index contributed by atoms with van der Waals surface area (Å²) in [5.41, 5.74) is 1.16. The van der Waals surface area contributed by atoms with Crippen LogP contribution in [0.1, 0.15) is 23.2 Å². The number of rotatable bonds is 5. The molecule has 2 N–H and O–H groups in total.